The Bertz CT molecular complexity index is 1270. The maximum absolute atomic E-state index is 13.7. The number of halogens is 1. The predicted octanol–water partition coefficient (Wildman–Crippen LogP) is 5.08. The number of carbonyl (C=O) groups is 1. The predicted molar refractivity (Wildman–Crippen MR) is 115 cm³/mol. The number of hydrogen-bond acceptors (Lipinski definition) is 5. The molecule has 31 heavy (non-hydrogen) atoms. The first-order valence-corrected chi connectivity index (χ1v) is 10.7. The van der Waals surface area contributed by atoms with E-state index in [9.17, 15) is 19.7 Å². The van der Waals surface area contributed by atoms with E-state index in [1.165, 1.54) is 23.5 Å². The van der Waals surface area contributed by atoms with Gasteiger partial charge in [-0.05, 0) is 46.3 Å². The number of benzene rings is 2. The lowest BCUT2D eigenvalue weighted by atomic mass is 9.65. The highest BCUT2D eigenvalue weighted by Gasteiger charge is 2.64. The Morgan fingerprint density at radius 2 is 1.84 bits per heavy atom. The number of carbonyl (C=O) groups excluding carboxylic acids is 1. The van der Waals surface area contributed by atoms with Crippen LogP contribution in [0.25, 0.3) is 6.08 Å². The lowest BCUT2D eigenvalue weighted by Gasteiger charge is -2.37. The highest BCUT2D eigenvalue weighted by atomic mass is 32.1. The van der Waals surface area contributed by atoms with Crippen molar-refractivity contribution < 1.29 is 9.18 Å². The molecule has 6 heteroatoms. The van der Waals surface area contributed by atoms with Gasteiger partial charge in [-0.25, -0.2) is 4.39 Å². The highest BCUT2D eigenvalue weighted by Crippen LogP contribution is 2.57. The summed E-state index contributed by atoms with van der Waals surface area (Å²) in [7, 11) is 0. The summed E-state index contributed by atoms with van der Waals surface area (Å²) in [5.74, 6) is -1.55. The van der Waals surface area contributed by atoms with Crippen LogP contribution in [0.15, 0.2) is 72.2 Å². The molecule has 0 aliphatic carbocycles. The van der Waals surface area contributed by atoms with Crippen LogP contribution in [0.3, 0.4) is 0 Å². The number of nitrogens with zero attached hydrogens (tertiary/aromatic N) is 3. The molecule has 0 N–H and O–H groups in total. The monoisotopic (exact) mass is 425 g/mol. The molecule has 0 saturated carbocycles. The minimum Gasteiger partial charge on any atom is -0.357 e. The number of nitriles is 2. The average molecular weight is 425 g/mol. The summed E-state index contributed by atoms with van der Waals surface area (Å²) < 4.78 is 13.7. The molecule has 1 aromatic heterocycles. The summed E-state index contributed by atoms with van der Waals surface area (Å²) in [6.45, 7) is 0. The van der Waals surface area contributed by atoms with E-state index in [4.69, 9.17) is 0 Å². The molecule has 150 valence electrons. The summed E-state index contributed by atoms with van der Waals surface area (Å²) in [4.78, 5) is 15.9. The van der Waals surface area contributed by atoms with Crippen molar-refractivity contribution in [1.82, 2.24) is 4.90 Å². The van der Waals surface area contributed by atoms with Crippen LogP contribution in [-0.2, 0) is 5.41 Å². The van der Waals surface area contributed by atoms with Gasteiger partial charge in [-0.2, -0.15) is 10.5 Å². The molecule has 4 nitrogen and oxygen atoms in total. The third-order valence-corrected chi connectivity index (χ3v) is 7.14. The molecule has 2 aliphatic heterocycles. The lowest BCUT2D eigenvalue weighted by molar-refractivity contribution is 0.0874. The van der Waals surface area contributed by atoms with Crippen molar-refractivity contribution >= 4 is 23.2 Å². The summed E-state index contributed by atoms with van der Waals surface area (Å²) in [5.41, 5.74) is 0.995. The Kier molecular flexibility index (Phi) is 4.46. The van der Waals surface area contributed by atoms with Crippen LogP contribution < -0.4 is 0 Å². The number of ketones is 1. The van der Waals surface area contributed by atoms with Crippen LogP contribution in [0.4, 0.5) is 4.39 Å². The second-order valence-electron chi connectivity index (χ2n) is 7.68. The van der Waals surface area contributed by atoms with Gasteiger partial charge in [0.05, 0.1) is 29.0 Å². The van der Waals surface area contributed by atoms with Crippen LogP contribution >= 0.6 is 11.3 Å². The van der Waals surface area contributed by atoms with Gasteiger partial charge in [0.1, 0.15) is 17.3 Å². The van der Waals surface area contributed by atoms with Gasteiger partial charge in [0, 0.05) is 6.20 Å². The van der Waals surface area contributed by atoms with Crippen molar-refractivity contribution in [1.29, 1.82) is 10.5 Å². The number of thiophene rings is 1. The normalized spacial score (nSPS) is 25.9. The van der Waals surface area contributed by atoms with Gasteiger partial charge >= 0.3 is 0 Å². The molecule has 2 aromatic carbocycles. The van der Waals surface area contributed by atoms with Gasteiger partial charge in [-0.3, -0.25) is 4.79 Å². The van der Waals surface area contributed by atoms with Crippen molar-refractivity contribution in [2.24, 2.45) is 5.92 Å². The molecule has 4 unspecified atom stereocenters. The van der Waals surface area contributed by atoms with E-state index in [2.05, 4.69) is 12.1 Å². The second-order valence-corrected chi connectivity index (χ2v) is 8.62. The zero-order valence-electron chi connectivity index (χ0n) is 16.3. The Morgan fingerprint density at radius 1 is 1.06 bits per heavy atom. The molecule has 3 heterocycles. The van der Waals surface area contributed by atoms with Crippen molar-refractivity contribution in [2.75, 3.05) is 0 Å². The van der Waals surface area contributed by atoms with E-state index in [-0.39, 0.29) is 5.78 Å². The Hall–Kier alpha value is -3.74. The summed E-state index contributed by atoms with van der Waals surface area (Å²) >= 11 is 1.32. The maximum Gasteiger partial charge on any atom is 0.196 e. The van der Waals surface area contributed by atoms with E-state index in [1.807, 2.05) is 46.8 Å². The Balaban J connectivity index is 1.79. The van der Waals surface area contributed by atoms with E-state index in [1.54, 1.807) is 24.3 Å². The van der Waals surface area contributed by atoms with Gasteiger partial charge in [-0.1, -0.05) is 42.5 Å². The molecule has 1 fully saturated rings. The zero-order valence-corrected chi connectivity index (χ0v) is 17.1. The summed E-state index contributed by atoms with van der Waals surface area (Å²) in [6.07, 6.45) is 3.73. The average Bonchev–Trinajstić information content (AvgIpc) is 3.44. The summed E-state index contributed by atoms with van der Waals surface area (Å²) in [6, 6.07) is 20.2. The van der Waals surface area contributed by atoms with Crippen LogP contribution in [0, 0.1) is 34.4 Å². The van der Waals surface area contributed by atoms with E-state index in [0.29, 0.717) is 10.4 Å². The van der Waals surface area contributed by atoms with Gasteiger partial charge in [0.25, 0.3) is 0 Å². The minimum atomic E-state index is -1.35. The number of fused-ring (bicyclic) bond motifs is 3. The highest BCUT2D eigenvalue weighted by molar-refractivity contribution is 7.12. The largest absolute Gasteiger partial charge is 0.357 e. The first kappa shape index (κ1) is 19.2. The molecular formula is C25H16FN3OS. The molecular weight excluding hydrogens is 409 g/mol. The topological polar surface area (TPSA) is 67.9 Å². The molecule has 0 spiro atoms. The smallest absolute Gasteiger partial charge is 0.196 e. The molecule has 0 amide bonds. The summed E-state index contributed by atoms with van der Waals surface area (Å²) in [5, 5.41) is 22.7. The first-order valence-electron chi connectivity index (χ1n) is 9.81. The van der Waals surface area contributed by atoms with Gasteiger partial charge in [0.2, 0.25) is 0 Å². The van der Waals surface area contributed by atoms with Crippen molar-refractivity contribution in [3.05, 3.63) is 99.6 Å². The van der Waals surface area contributed by atoms with Crippen LogP contribution in [0.1, 0.15) is 32.4 Å². The van der Waals surface area contributed by atoms with Crippen LogP contribution in [0.2, 0.25) is 0 Å². The van der Waals surface area contributed by atoms with Crippen LogP contribution in [0.5, 0.6) is 0 Å². The minimum absolute atomic E-state index is 0.185. The lowest BCUT2D eigenvalue weighted by Crippen LogP contribution is -2.38. The van der Waals surface area contributed by atoms with Crippen LogP contribution in [-0.4, -0.2) is 16.7 Å². The number of rotatable bonds is 3. The van der Waals surface area contributed by atoms with Gasteiger partial charge in [-0.15, -0.1) is 11.3 Å². The molecule has 3 aromatic rings. The molecule has 2 aliphatic rings. The fourth-order valence-electron chi connectivity index (χ4n) is 4.93. The SMILES string of the molecule is N#CC1C(C(=O)c2cccs2)N2C=Cc3ccccc3C2C1(C#N)c1ccc(F)cc1. The molecule has 1 saturated heterocycles. The van der Waals surface area contributed by atoms with Crippen molar-refractivity contribution in [3.8, 4) is 12.1 Å². The fourth-order valence-corrected chi connectivity index (χ4v) is 5.63. The fraction of sp³-hybridized carbons (Fsp3) is 0.160. The molecule has 0 bridgehead atoms. The van der Waals surface area contributed by atoms with E-state index < -0.39 is 29.2 Å². The van der Waals surface area contributed by atoms with Gasteiger partial charge in [0.15, 0.2) is 5.78 Å². The zero-order chi connectivity index (χ0) is 21.6. The van der Waals surface area contributed by atoms with Crippen molar-refractivity contribution in [3.63, 3.8) is 0 Å². The third-order valence-electron chi connectivity index (χ3n) is 6.25. The Labute approximate surface area is 183 Å². The maximum atomic E-state index is 13.7. The van der Waals surface area contributed by atoms with Gasteiger partial charge < -0.3 is 4.90 Å². The number of Topliss-reactive ketones (excluding diaryl/α,β-unsaturated/α-hetero) is 1. The number of hydrogen-bond donors (Lipinski definition) is 0. The molecule has 0 radical (unpaired) electrons. The van der Waals surface area contributed by atoms with Crippen molar-refractivity contribution in [2.45, 2.75) is 17.5 Å². The third kappa shape index (κ3) is 2.66. The standard InChI is InChI=1S/C25H16FN3OS/c26-18-9-7-17(8-10-18)25(15-28)20(14-27)22(23(30)21-6-3-13-31-21)29-12-11-16-4-1-2-5-19(16)24(25)29/h1-13,20,22,24H. The first-order chi connectivity index (χ1) is 15.1. The second kappa shape index (κ2) is 7.19. The van der Waals surface area contributed by atoms with E-state index in [0.717, 1.165) is 11.1 Å². The quantitative estimate of drug-likeness (QED) is 0.549. The molecule has 4 atom stereocenters. The Morgan fingerprint density at radius 3 is 2.52 bits per heavy atom. The molecule has 5 rings (SSSR count). The van der Waals surface area contributed by atoms with E-state index >= 15 is 0 Å².